The van der Waals surface area contributed by atoms with Gasteiger partial charge in [0.25, 0.3) is 0 Å². The third kappa shape index (κ3) is 5.04. The van der Waals surface area contributed by atoms with Crippen molar-refractivity contribution in [1.29, 1.82) is 0 Å². The van der Waals surface area contributed by atoms with E-state index in [0.29, 0.717) is 6.54 Å². The van der Waals surface area contributed by atoms with Gasteiger partial charge in [-0.05, 0) is 56.0 Å². The van der Waals surface area contributed by atoms with Crippen molar-refractivity contribution in [3.8, 4) is 0 Å². The summed E-state index contributed by atoms with van der Waals surface area (Å²) in [4.78, 5) is 30.3. The van der Waals surface area contributed by atoms with Crippen LogP contribution in [0.3, 0.4) is 0 Å². The fourth-order valence-corrected chi connectivity index (χ4v) is 3.67. The van der Waals surface area contributed by atoms with Crippen molar-refractivity contribution in [3.63, 3.8) is 0 Å². The smallest absolute Gasteiger partial charge is 0.347 e. The molecule has 0 bridgehead atoms. The fraction of sp³-hybridized carbons (Fsp3) is 0.476. The van der Waals surface area contributed by atoms with Gasteiger partial charge in [-0.25, -0.2) is 9.78 Å². The Labute approximate surface area is 160 Å². The van der Waals surface area contributed by atoms with Gasteiger partial charge in [0.2, 0.25) is 5.91 Å². The van der Waals surface area contributed by atoms with Gasteiger partial charge in [0, 0.05) is 18.9 Å². The average molecular weight is 368 g/mol. The van der Waals surface area contributed by atoms with Crippen LogP contribution in [0.5, 0.6) is 0 Å². The molecule has 1 atom stereocenters. The molecule has 2 aromatic rings. The Kier molecular flexibility index (Phi) is 6.40. The van der Waals surface area contributed by atoms with E-state index >= 15 is 0 Å². The van der Waals surface area contributed by atoms with Crippen molar-refractivity contribution in [2.45, 2.75) is 39.3 Å². The number of piperidine rings is 1. The number of carbonyl (C=O) groups is 1. The van der Waals surface area contributed by atoms with Crippen LogP contribution in [0.15, 0.2) is 47.5 Å². The lowest BCUT2D eigenvalue weighted by molar-refractivity contribution is -0.122. The van der Waals surface area contributed by atoms with Crippen LogP contribution in [0.4, 0.5) is 0 Å². The normalized spacial score (nSPS) is 16.8. The standard InChI is InChI=1S/C21H28N4O2/c1-16-8-12-24(13-9-16)19(18-7-4-3-6-17(18)2)14-23-20(26)15-25-11-5-10-22-21(25)27/h3-7,10-11,16,19H,8-9,12-15H2,1-2H3,(H,23,26). The first-order valence-electron chi connectivity index (χ1n) is 9.62. The summed E-state index contributed by atoms with van der Waals surface area (Å²) in [5.41, 5.74) is 2.08. The highest BCUT2D eigenvalue weighted by Crippen LogP contribution is 2.28. The second-order valence-electron chi connectivity index (χ2n) is 7.43. The Morgan fingerprint density at radius 3 is 2.70 bits per heavy atom. The van der Waals surface area contributed by atoms with Gasteiger partial charge in [0.15, 0.2) is 0 Å². The minimum absolute atomic E-state index is 0.00972. The SMILES string of the molecule is Cc1ccccc1C(CNC(=O)Cn1cccnc1=O)N1CCC(C)CC1. The van der Waals surface area contributed by atoms with Crippen molar-refractivity contribution >= 4 is 5.91 Å². The highest BCUT2D eigenvalue weighted by Gasteiger charge is 2.26. The number of nitrogens with one attached hydrogen (secondary N) is 1. The molecule has 0 radical (unpaired) electrons. The molecule has 1 aliphatic rings. The molecule has 1 aliphatic heterocycles. The second-order valence-corrected chi connectivity index (χ2v) is 7.43. The molecule has 1 amide bonds. The van der Waals surface area contributed by atoms with Gasteiger partial charge in [-0.15, -0.1) is 0 Å². The van der Waals surface area contributed by atoms with E-state index in [1.54, 1.807) is 12.3 Å². The van der Waals surface area contributed by atoms with Gasteiger partial charge in [-0.2, -0.15) is 0 Å². The topological polar surface area (TPSA) is 67.2 Å². The molecule has 0 aliphatic carbocycles. The number of aryl methyl sites for hydroxylation is 1. The van der Waals surface area contributed by atoms with Crippen molar-refractivity contribution < 1.29 is 4.79 Å². The summed E-state index contributed by atoms with van der Waals surface area (Å²) in [5, 5.41) is 3.02. The molecule has 2 heterocycles. The first-order chi connectivity index (χ1) is 13.0. The van der Waals surface area contributed by atoms with Gasteiger partial charge in [-0.1, -0.05) is 31.2 Å². The maximum Gasteiger partial charge on any atom is 0.347 e. The molecule has 1 saturated heterocycles. The Morgan fingerprint density at radius 1 is 1.26 bits per heavy atom. The molecule has 6 heteroatoms. The van der Waals surface area contributed by atoms with E-state index in [2.05, 4.69) is 47.2 Å². The Bertz CT molecular complexity index is 825. The molecule has 6 nitrogen and oxygen atoms in total. The second kappa shape index (κ2) is 8.95. The summed E-state index contributed by atoms with van der Waals surface area (Å²) < 4.78 is 1.32. The van der Waals surface area contributed by atoms with Crippen molar-refractivity contribution in [2.24, 2.45) is 5.92 Å². The number of nitrogens with zero attached hydrogens (tertiary/aromatic N) is 3. The molecule has 1 aromatic heterocycles. The third-order valence-corrected chi connectivity index (χ3v) is 5.40. The summed E-state index contributed by atoms with van der Waals surface area (Å²) in [6.45, 7) is 7.02. The molecular weight excluding hydrogens is 340 g/mol. The zero-order valence-corrected chi connectivity index (χ0v) is 16.1. The third-order valence-electron chi connectivity index (χ3n) is 5.40. The van der Waals surface area contributed by atoms with E-state index in [-0.39, 0.29) is 18.5 Å². The van der Waals surface area contributed by atoms with Crippen LogP contribution in [0.2, 0.25) is 0 Å². The molecule has 0 spiro atoms. The molecular formula is C21H28N4O2. The number of carbonyl (C=O) groups excluding carboxylic acids is 1. The van der Waals surface area contributed by atoms with Gasteiger partial charge in [0.05, 0.1) is 6.04 Å². The Hall–Kier alpha value is -2.47. The zero-order chi connectivity index (χ0) is 19.2. The van der Waals surface area contributed by atoms with E-state index in [0.717, 1.165) is 19.0 Å². The number of hydrogen-bond acceptors (Lipinski definition) is 4. The fourth-order valence-electron chi connectivity index (χ4n) is 3.67. The quantitative estimate of drug-likeness (QED) is 0.848. The molecule has 1 aromatic carbocycles. The molecule has 27 heavy (non-hydrogen) atoms. The number of benzene rings is 1. The lowest BCUT2D eigenvalue weighted by atomic mass is 9.94. The number of likely N-dealkylation sites (tertiary alicyclic amines) is 1. The van der Waals surface area contributed by atoms with Crippen molar-refractivity contribution in [3.05, 3.63) is 64.3 Å². The Morgan fingerprint density at radius 2 is 2.00 bits per heavy atom. The van der Waals surface area contributed by atoms with Crippen LogP contribution in [0.25, 0.3) is 0 Å². The lowest BCUT2D eigenvalue weighted by Crippen LogP contribution is -2.43. The summed E-state index contributed by atoms with van der Waals surface area (Å²) in [6, 6.07) is 10.2. The zero-order valence-electron chi connectivity index (χ0n) is 16.1. The van der Waals surface area contributed by atoms with E-state index in [9.17, 15) is 9.59 Å². The number of aromatic nitrogens is 2. The predicted octanol–water partition coefficient (Wildman–Crippen LogP) is 2.14. The van der Waals surface area contributed by atoms with Gasteiger partial charge >= 0.3 is 5.69 Å². The van der Waals surface area contributed by atoms with Crippen LogP contribution in [0.1, 0.15) is 36.9 Å². The minimum atomic E-state index is -0.409. The summed E-state index contributed by atoms with van der Waals surface area (Å²) in [7, 11) is 0. The predicted molar refractivity (Wildman–Crippen MR) is 105 cm³/mol. The number of hydrogen-bond donors (Lipinski definition) is 1. The summed E-state index contributed by atoms with van der Waals surface area (Å²) in [5.74, 6) is 0.583. The number of rotatable bonds is 6. The molecule has 0 saturated carbocycles. The van der Waals surface area contributed by atoms with Crippen LogP contribution in [-0.2, 0) is 11.3 Å². The van der Waals surface area contributed by atoms with E-state index in [1.807, 2.05) is 6.07 Å². The highest BCUT2D eigenvalue weighted by molar-refractivity contribution is 5.75. The monoisotopic (exact) mass is 368 g/mol. The van der Waals surface area contributed by atoms with Crippen LogP contribution in [0, 0.1) is 12.8 Å². The molecule has 1 unspecified atom stereocenters. The molecule has 1 N–H and O–H groups in total. The van der Waals surface area contributed by atoms with E-state index in [1.165, 1.54) is 34.7 Å². The summed E-state index contributed by atoms with van der Waals surface area (Å²) >= 11 is 0. The Balaban J connectivity index is 1.70. The van der Waals surface area contributed by atoms with Crippen molar-refractivity contribution in [2.75, 3.05) is 19.6 Å². The highest BCUT2D eigenvalue weighted by atomic mass is 16.2. The first kappa shape index (κ1) is 19.3. The van der Waals surface area contributed by atoms with E-state index in [4.69, 9.17) is 0 Å². The van der Waals surface area contributed by atoms with Gasteiger partial charge in [0.1, 0.15) is 6.54 Å². The molecule has 1 fully saturated rings. The van der Waals surface area contributed by atoms with E-state index < -0.39 is 5.69 Å². The summed E-state index contributed by atoms with van der Waals surface area (Å²) in [6.07, 6.45) is 5.38. The maximum atomic E-state index is 12.4. The molecule has 3 rings (SSSR count). The van der Waals surface area contributed by atoms with Crippen LogP contribution >= 0.6 is 0 Å². The van der Waals surface area contributed by atoms with Crippen LogP contribution in [-0.4, -0.2) is 40.0 Å². The first-order valence-corrected chi connectivity index (χ1v) is 9.62. The van der Waals surface area contributed by atoms with Crippen molar-refractivity contribution in [1.82, 2.24) is 19.8 Å². The van der Waals surface area contributed by atoms with Crippen LogP contribution < -0.4 is 11.0 Å². The average Bonchev–Trinajstić information content (AvgIpc) is 2.66. The largest absolute Gasteiger partial charge is 0.353 e. The number of amides is 1. The maximum absolute atomic E-state index is 12.4. The van der Waals surface area contributed by atoms with Gasteiger partial charge < -0.3 is 5.32 Å². The lowest BCUT2D eigenvalue weighted by Gasteiger charge is -2.37. The molecule has 144 valence electrons. The van der Waals surface area contributed by atoms with Gasteiger partial charge in [-0.3, -0.25) is 14.3 Å². The minimum Gasteiger partial charge on any atom is -0.353 e.